The van der Waals surface area contributed by atoms with Crippen LogP contribution in [0.4, 0.5) is 4.79 Å². The van der Waals surface area contributed by atoms with Crippen LogP contribution in [0.25, 0.3) is 0 Å². The zero-order valence-electron chi connectivity index (χ0n) is 15.6. The first kappa shape index (κ1) is 20.9. The van der Waals surface area contributed by atoms with Gasteiger partial charge in [0.25, 0.3) is 0 Å². The fraction of sp³-hybridized carbons (Fsp3) is 0.182. The van der Waals surface area contributed by atoms with Crippen LogP contribution in [0.1, 0.15) is 16.0 Å². The van der Waals surface area contributed by atoms with Crippen molar-refractivity contribution in [3.63, 3.8) is 0 Å². The molecule has 150 valence electrons. The van der Waals surface area contributed by atoms with E-state index >= 15 is 0 Å². The largest absolute Gasteiger partial charge is 0.445 e. The lowest BCUT2D eigenvalue weighted by molar-refractivity contribution is -0.123. The predicted octanol–water partition coefficient (Wildman–Crippen LogP) is 4.56. The minimum atomic E-state index is -0.754. The quantitative estimate of drug-likeness (QED) is 0.552. The van der Waals surface area contributed by atoms with Crippen molar-refractivity contribution in [3.8, 4) is 0 Å². The molecule has 0 saturated heterocycles. The van der Waals surface area contributed by atoms with Crippen LogP contribution in [0, 0.1) is 0 Å². The van der Waals surface area contributed by atoms with Crippen molar-refractivity contribution in [1.82, 2.24) is 10.6 Å². The first-order valence-electron chi connectivity index (χ1n) is 9.13. The van der Waals surface area contributed by atoms with E-state index in [-0.39, 0.29) is 12.5 Å². The molecule has 0 aliphatic rings. The molecule has 2 amide bonds. The average molecular weight is 429 g/mol. The smallest absolute Gasteiger partial charge is 0.408 e. The van der Waals surface area contributed by atoms with E-state index in [1.165, 1.54) is 11.3 Å². The summed E-state index contributed by atoms with van der Waals surface area (Å²) in [5, 5.41) is 5.54. The molecule has 1 atom stereocenters. The number of hydrogen-bond donors (Lipinski definition) is 2. The highest BCUT2D eigenvalue weighted by atomic mass is 35.5. The molecule has 0 saturated carbocycles. The molecule has 0 aliphatic carbocycles. The Kier molecular flexibility index (Phi) is 7.67. The van der Waals surface area contributed by atoms with Crippen LogP contribution in [-0.2, 0) is 29.1 Å². The fourth-order valence-electron chi connectivity index (χ4n) is 2.71. The molecule has 0 bridgehead atoms. The first-order chi connectivity index (χ1) is 14.1. The molecule has 2 aromatic carbocycles. The highest BCUT2D eigenvalue weighted by Gasteiger charge is 2.22. The lowest BCUT2D eigenvalue weighted by atomic mass is 10.1. The zero-order chi connectivity index (χ0) is 20.5. The maximum absolute atomic E-state index is 12.7. The summed E-state index contributed by atoms with van der Waals surface area (Å²) in [5.74, 6) is -0.282. The number of nitrogens with one attached hydrogen (secondary N) is 2. The summed E-state index contributed by atoms with van der Waals surface area (Å²) in [7, 11) is 0. The molecular weight excluding hydrogens is 408 g/mol. The minimum Gasteiger partial charge on any atom is -0.445 e. The molecule has 1 aromatic heterocycles. The first-order valence-corrected chi connectivity index (χ1v) is 10.3. The van der Waals surface area contributed by atoms with Crippen LogP contribution < -0.4 is 10.6 Å². The van der Waals surface area contributed by atoms with Gasteiger partial charge in [-0.15, -0.1) is 11.3 Å². The van der Waals surface area contributed by atoms with Gasteiger partial charge in [-0.2, -0.15) is 0 Å². The van der Waals surface area contributed by atoms with E-state index in [1.54, 1.807) is 6.07 Å². The lowest BCUT2D eigenvalue weighted by Gasteiger charge is -2.18. The van der Waals surface area contributed by atoms with Crippen LogP contribution in [0.3, 0.4) is 0 Å². The predicted molar refractivity (Wildman–Crippen MR) is 115 cm³/mol. The Balaban J connectivity index is 1.60. The van der Waals surface area contributed by atoms with Gasteiger partial charge >= 0.3 is 6.09 Å². The zero-order valence-corrected chi connectivity index (χ0v) is 17.2. The van der Waals surface area contributed by atoms with E-state index in [0.29, 0.717) is 17.3 Å². The Labute approximate surface area is 178 Å². The van der Waals surface area contributed by atoms with E-state index in [2.05, 4.69) is 10.6 Å². The third-order valence-electron chi connectivity index (χ3n) is 4.17. The number of ether oxygens (including phenoxy) is 1. The Morgan fingerprint density at radius 2 is 1.59 bits per heavy atom. The van der Waals surface area contributed by atoms with Crippen molar-refractivity contribution < 1.29 is 14.3 Å². The van der Waals surface area contributed by atoms with Gasteiger partial charge in [-0.3, -0.25) is 4.79 Å². The van der Waals surface area contributed by atoms with Crippen molar-refractivity contribution >= 4 is 34.9 Å². The monoisotopic (exact) mass is 428 g/mol. The van der Waals surface area contributed by atoms with Crippen molar-refractivity contribution in [1.29, 1.82) is 0 Å². The Hall–Kier alpha value is -2.83. The summed E-state index contributed by atoms with van der Waals surface area (Å²) >= 11 is 7.34. The van der Waals surface area contributed by atoms with Gasteiger partial charge < -0.3 is 15.4 Å². The third-order valence-corrected chi connectivity index (χ3v) is 5.40. The number of carbonyl (C=O) groups excluding carboxylic acids is 2. The Morgan fingerprint density at radius 3 is 2.21 bits per heavy atom. The van der Waals surface area contributed by atoms with Crippen LogP contribution in [0.2, 0.25) is 4.34 Å². The minimum absolute atomic E-state index is 0.139. The molecule has 5 nitrogen and oxygen atoms in total. The van der Waals surface area contributed by atoms with Crippen molar-refractivity contribution in [3.05, 3.63) is 93.1 Å². The van der Waals surface area contributed by atoms with Gasteiger partial charge in [0.15, 0.2) is 0 Å². The summed E-state index contributed by atoms with van der Waals surface area (Å²) in [5.41, 5.74) is 1.82. The van der Waals surface area contributed by atoms with Crippen molar-refractivity contribution in [2.45, 2.75) is 25.6 Å². The maximum Gasteiger partial charge on any atom is 0.408 e. The van der Waals surface area contributed by atoms with Crippen molar-refractivity contribution in [2.24, 2.45) is 0 Å². The van der Waals surface area contributed by atoms with E-state index in [9.17, 15) is 9.59 Å². The van der Waals surface area contributed by atoms with E-state index in [0.717, 1.165) is 16.0 Å². The van der Waals surface area contributed by atoms with Crippen LogP contribution >= 0.6 is 22.9 Å². The van der Waals surface area contributed by atoms with Crippen LogP contribution in [-0.4, -0.2) is 18.0 Å². The number of carbonyl (C=O) groups is 2. The molecule has 0 radical (unpaired) electrons. The molecule has 1 unspecified atom stereocenters. The highest BCUT2D eigenvalue weighted by Crippen LogP contribution is 2.21. The van der Waals surface area contributed by atoms with E-state index in [4.69, 9.17) is 16.3 Å². The van der Waals surface area contributed by atoms with Gasteiger partial charge in [0.2, 0.25) is 5.91 Å². The maximum atomic E-state index is 12.7. The summed E-state index contributed by atoms with van der Waals surface area (Å²) in [6, 6.07) is 21.8. The van der Waals surface area contributed by atoms with E-state index < -0.39 is 12.1 Å². The normalized spacial score (nSPS) is 11.5. The summed E-state index contributed by atoms with van der Waals surface area (Å²) < 4.78 is 5.93. The number of benzene rings is 2. The second kappa shape index (κ2) is 10.6. The number of halogens is 1. The molecule has 7 heteroatoms. The number of alkyl carbamates (subject to hydrolysis) is 1. The van der Waals surface area contributed by atoms with Gasteiger partial charge in [0.1, 0.15) is 12.6 Å². The van der Waals surface area contributed by atoms with Crippen molar-refractivity contribution in [2.75, 3.05) is 0 Å². The lowest BCUT2D eigenvalue weighted by Crippen LogP contribution is -2.47. The second-order valence-electron chi connectivity index (χ2n) is 6.37. The van der Waals surface area contributed by atoms with Gasteiger partial charge in [0, 0.05) is 11.3 Å². The SMILES string of the molecule is O=C(NC(Cc1ccccc1)C(=O)NCc1ccc(Cl)s1)OCc1ccccc1. The summed E-state index contributed by atoms with van der Waals surface area (Å²) in [6.07, 6.45) is -0.276. The standard InChI is InChI=1S/C22H21ClN2O3S/c23-20-12-11-18(29-20)14-24-21(26)19(13-16-7-3-1-4-8-16)25-22(27)28-15-17-9-5-2-6-10-17/h1-12,19H,13-15H2,(H,24,26)(H,25,27). The van der Waals surface area contributed by atoms with Crippen LogP contribution in [0.5, 0.6) is 0 Å². The molecule has 3 aromatic rings. The molecule has 0 aliphatic heterocycles. The Bertz CT molecular complexity index is 932. The average Bonchev–Trinajstić information content (AvgIpc) is 3.17. The highest BCUT2D eigenvalue weighted by molar-refractivity contribution is 7.16. The van der Waals surface area contributed by atoms with Gasteiger partial charge in [0.05, 0.1) is 10.9 Å². The molecule has 0 spiro atoms. The van der Waals surface area contributed by atoms with Crippen LogP contribution in [0.15, 0.2) is 72.8 Å². The van der Waals surface area contributed by atoms with Gasteiger partial charge in [-0.05, 0) is 23.3 Å². The number of thiophene rings is 1. The summed E-state index contributed by atoms with van der Waals surface area (Å²) in [4.78, 5) is 25.9. The molecule has 2 N–H and O–H groups in total. The fourth-order valence-corrected chi connectivity index (χ4v) is 3.74. The molecule has 3 rings (SSSR count). The molecular formula is C22H21ClN2O3S. The Morgan fingerprint density at radius 1 is 0.931 bits per heavy atom. The number of rotatable bonds is 8. The van der Waals surface area contributed by atoms with E-state index in [1.807, 2.05) is 66.7 Å². The molecule has 0 fully saturated rings. The van der Waals surface area contributed by atoms with Gasteiger partial charge in [-0.25, -0.2) is 4.79 Å². The summed E-state index contributed by atoms with van der Waals surface area (Å²) in [6.45, 7) is 0.488. The van der Waals surface area contributed by atoms with Gasteiger partial charge in [-0.1, -0.05) is 72.3 Å². The number of amides is 2. The third kappa shape index (κ3) is 6.93. The molecule has 29 heavy (non-hydrogen) atoms. The topological polar surface area (TPSA) is 67.4 Å². The molecule has 1 heterocycles. The second-order valence-corrected chi connectivity index (χ2v) is 8.17. The number of hydrogen-bond acceptors (Lipinski definition) is 4.